The van der Waals surface area contributed by atoms with Gasteiger partial charge in [0.05, 0.1) is 4.90 Å². The summed E-state index contributed by atoms with van der Waals surface area (Å²) in [5, 5.41) is 3.21. The molecular weight excluding hydrogens is 248 g/mol. The van der Waals surface area contributed by atoms with Gasteiger partial charge in [0.15, 0.2) is 0 Å². The molecule has 0 aliphatic carbocycles. The van der Waals surface area contributed by atoms with Crippen LogP contribution in [0.1, 0.15) is 31.9 Å². The molecule has 0 saturated carbocycles. The van der Waals surface area contributed by atoms with E-state index in [1.165, 1.54) is 5.56 Å². The number of benzene rings is 1. The van der Waals surface area contributed by atoms with Crippen molar-refractivity contribution < 1.29 is 8.42 Å². The van der Waals surface area contributed by atoms with Crippen LogP contribution in [0.15, 0.2) is 23.1 Å². The van der Waals surface area contributed by atoms with Crippen LogP contribution in [-0.4, -0.2) is 15.0 Å². The second kappa shape index (κ2) is 4.64. The van der Waals surface area contributed by atoms with Crippen LogP contribution < -0.4 is 10.0 Å². The van der Waals surface area contributed by atoms with Gasteiger partial charge in [-0.1, -0.05) is 26.8 Å². The number of rotatable bonds is 3. The summed E-state index contributed by atoms with van der Waals surface area (Å²) in [5.74, 6) is 0. The van der Waals surface area contributed by atoms with E-state index in [4.69, 9.17) is 0 Å². The fraction of sp³-hybridized carbons (Fsp3) is 0.538. The van der Waals surface area contributed by atoms with Gasteiger partial charge in [-0.2, -0.15) is 0 Å². The molecule has 0 unspecified atom stereocenters. The van der Waals surface area contributed by atoms with Crippen molar-refractivity contribution in [2.75, 3.05) is 6.54 Å². The highest BCUT2D eigenvalue weighted by Crippen LogP contribution is 2.20. The van der Waals surface area contributed by atoms with Gasteiger partial charge < -0.3 is 5.32 Å². The molecule has 1 heterocycles. The van der Waals surface area contributed by atoms with E-state index in [2.05, 4.69) is 10.0 Å². The second-order valence-electron chi connectivity index (χ2n) is 5.92. The van der Waals surface area contributed by atoms with Crippen LogP contribution in [0.25, 0.3) is 0 Å². The third-order valence-electron chi connectivity index (χ3n) is 2.91. The number of fused-ring (bicyclic) bond motifs is 1. The van der Waals surface area contributed by atoms with Crippen LogP contribution in [0, 0.1) is 5.41 Å². The molecule has 0 spiro atoms. The van der Waals surface area contributed by atoms with Gasteiger partial charge in [0.1, 0.15) is 0 Å². The zero-order chi connectivity index (χ0) is 13.4. The predicted molar refractivity (Wildman–Crippen MR) is 71.6 cm³/mol. The highest BCUT2D eigenvalue weighted by molar-refractivity contribution is 7.89. The molecule has 5 heteroatoms. The van der Waals surface area contributed by atoms with E-state index in [1.54, 1.807) is 12.1 Å². The number of hydrogen-bond donors (Lipinski definition) is 2. The Hall–Kier alpha value is -0.910. The third-order valence-corrected chi connectivity index (χ3v) is 4.31. The van der Waals surface area contributed by atoms with Crippen molar-refractivity contribution in [1.82, 2.24) is 10.0 Å². The van der Waals surface area contributed by atoms with Crippen LogP contribution in [0.5, 0.6) is 0 Å². The van der Waals surface area contributed by atoms with Gasteiger partial charge in [0, 0.05) is 19.6 Å². The molecule has 0 saturated heterocycles. The minimum absolute atomic E-state index is 0.0641. The monoisotopic (exact) mass is 268 g/mol. The van der Waals surface area contributed by atoms with Crippen molar-refractivity contribution in [3.8, 4) is 0 Å². The number of sulfonamides is 1. The molecule has 4 nitrogen and oxygen atoms in total. The van der Waals surface area contributed by atoms with Crippen LogP contribution in [0.3, 0.4) is 0 Å². The summed E-state index contributed by atoms with van der Waals surface area (Å²) in [5.41, 5.74) is 2.20. The Kier molecular flexibility index (Phi) is 3.49. The summed E-state index contributed by atoms with van der Waals surface area (Å²) < 4.78 is 27.0. The average Bonchev–Trinajstić information content (AvgIpc) is 2.72. The summed E-state index contributed by atoms with van der Waals surface area (Å²) in [6, 6.07) is 5.33. The Labute approximate surface area is 109 Å². The van der Waals surface area contributed by atoms with E-state index in [9.17, 15) is 8.42 Å². The van der Waals surface area contributed by atoms with Crippen LogP contribution in [0.2, 0.25) is 0 Å². The van der Waals surface area contributed by atoms with Crippen molar-refractivity contribution in [3.05, 3.63) is 29.3 Å². The first-order valence-electron chi connectivity index (χ1n) is 6.10. The fourth-order valence-corrected chi connectivity index (χ4v) is 3.17. The molecule has 0 aromatic heterocycles. The van der Waals surface area contributed by atoms with Gasteiger partial charge in [0.2, 0.25) is 10.0 Å². The Morgan fingerprint density at radius 1 is 1.22 bits per heavy atom. The third kappa shape index (κ3) is 3.10. The highest BCUT2D eigenvalue weighted by Gasteiger charge is 2.20. The molecule has 1 aliphatic rings. The zero-order valence-electron chi connectivity index (χ0n) is 11.1. The van der Waals surface area contributed by atoms with Gasteiger partial charge in [0.25, 0.3) is 0 Å². The first-order chi connectivity index (χ1) is 8.28. The Morgan fingerprint density at radius 2 is 1.89 bits per heavy atom. The molecule has 2 rings (SSSR count). The standard InChI is InChI=1S/C13H20N2O2S/c1-13(2,3)9-15-18(16,17)12-5-4-10-7-14-8-11(10)6-12/h4-6,14-15H,7-9H2,1-3H3. The normalized spacial score (nSPS) is 15.7. The van der Waals surface area contributed by atoms with Gasteiger partial charge in [-0.25, -0.2) is 13.1 Å². The minimum atomic E-state index is -3.39. The molecule has 0 bridgehead atoms. The molecule has 1 aliphatic heterocycles. The van der Waals surface area contributed by atoms with Gasteiger partial charge in [-0.15, -0.1) is 0 Å². The van der Waals surface area contributed by atoms with Crippen molar-refractivity contribution in [3.63, 3.8) is 0 Å². The summed E-state index contributed by atoms with van der Waals surface area (Å²) in [6.07, 6.45) is 0. The smallest absolute Gasteiger partial charge is 0.240 e. The predicted octanol–water partition coefficient (Wildman–Crippen LogP) is 1.61. The summed E-state index contributed by atoms with van der Waals surface area (Å²) >= 11 is 0. The molecule has 1 aromatic carbocycles. The van der Waals surface area contributed by atoms with Crippen molar-refractivity contribution >= 4 is 10.0 Å². The van der Waals surface area contributed by atoms with Crippen molar-refractivity contribution in [1.29, 1.82) is 0 Å². The molecule has 100 valence electrons. The van der Waals surface area contributed by atoms with E-state index in [-0.39, 0.29) is 5.41 Å². The Balaban J connectivity index is 2.20. The molecule has 0 radical (unpaired) electrons. The number of nitrogens with one attached hydrogen (secondary N) is 2. The Morgan fingerprint density at radius 3 is 2.56 bits per heavy atom. The van der Waals surface area contributed by atoms with Crippen molar-refractivity contribution in [2.45, 2.75) is 38.8 Å². The lowest BCUT2D eigenvalue weighted by Crippen LogP contribution is -2.32. The summed E-state index contributed by atoms with van der Waals surface area (Å²) in [7, 11) is -3.39. The summed E-state index contributed by atoms with van der Waals surface area (Å²) in [4.78, 5) is 0.356. The van der Waals surface area contributed by atoms with E-state index in [0.717, 1.165) is 18.7 Å². The lowest BCUT2D eigenvalue weighted by atomic mass is 9.98. The largest absolute Gasteiger partial charge is 0.309 e. The maximum atomic E-state index is 12.1. The molecular formula is C13H20N2O2S. The molecule has 0 atom stereocenters. The van der Waals surface area contributed by atoms with Crippen LogP contribution in [0.4, 0.5) is 0 Å². The molecule has 0 fully saturated rings. The maximum Gasteiger partial charge on any atom is 0.240 e. The van der Waals surface area contributed by atoms with E-state index in [0.29, 0.717) is 11.4 Å². The van der Waals surface area contributed by atoms with Gasteiger partial charge in [-0.05, 0) is 28.7 Å². The minimum Gasteiger partial charge on any atom is -0.309 e. The van der Waals surface area contributed by atoms with E-state index < -0.39 is 10.0 Å². The van der Waals surface area contributed by atoms with Crippen molar-refractivity contribution in [2.24, 2.45) is 5.41 Å². The number of hydrogen-bond acceptors (Lipinski definition) is 3. The molecule has 18 heavy (non-hydrogen) atoms. The lowest BCUT2D eigenvalue weighted by Gasteiger charge is -2.18. The average molecular weight is 268 g/mol. The van der Waals surface area contributed by atoms with E-state index >= 15 is 0 Å². The van der Waals surface area contributed by atoms with Crippen LogP contribution >= 0.6 is 0 Å². The molecule has 0 amide bonds. The molecule has 2 N–H and O–H groups in total. The SMILES string of the molecule is CC(C)(C)CNS(=O)(=O)c1ccc2c(c1)CNC2. The first-order valence-corrected chi connectivity index (χ1v) is 7.58. The zero-order valence-corrected chi connectivity index (χ0v) is 11.9. The lowest BCUT2D eigenvalue weighted by molar-refractivity contribution is 0.407. The second-order valence-corrected chi connectivity index (χ2v) is 7.69. The quantitative estimate of drug-likeness (QED) is 0.875. The first kappa shape index (κ1) is 13.5. The summed E-state index contributed by atoms with van der Waals surface area (Å²) in [6.45, 7) is 8.01. The van der Waals surface area contributed by atoms with Gasteiger partial charge in [-0.3, -0.25) is 0 Å². The van der Waals surface area contributed by atoms with E-state index in [1.807, 2.05) is 26.8 Å². The van der Waals surface area contributed by atoms with Crippen LogP contribution in [-0.2, 0) is 23.1 Å². The topological polar surface area (TPSA) is 58.2 Å². The highest BCUT2D eigenvalue weighted by atomic mass is 32.2. The maximum absolute atomic E-state index is 12.1. The fourth-order valence-electron chi connectivity index (χ4n) is 1.83. The Bertz CT molecular complexity index is 545. The molecule has 1 aromatic rings. The van der Waals surface area contributed by atoms with Gasteiger partial charge >= 0.3 is 0 Å².